The van der Waals surface area contributed by atoms with Gasteiger partial charge in [-0.3, -0.25) is 0 Å². The number of carboxylic acid groups (broad SMARTS) is 1. The van der Waals surface area contributed by atoms with Gasteiger partial charge >= 0.3 is 5.97 Å². The lowest BCUT2D eigenvalue weighted by Crippen LogP contribution is -2.27. The van der Waals surface area contributed by atoms with Crippen LogP contribution in [0.5, 0.6) is 5.88 Å². The molecule has 1 N–H and O–H groups in total. The quantitative estimate of drug-likeness (QED) is 0.198. The maximum Gasteiger partial charge on any atom is 0.335 e. The molecule has 6 rings (SSSR count). The lowest BCUT2D eigenvalue weighted by atomic mass is 9.87. The second-order valence-electron chi connectivity index (χ2n) is 11.3. The Morgan fingerprint density at radius 3 is 2.57 bits per heavy atom. The van der Waals surface area contributed by atoms with Gasteiger partial charge in [-0.05, 0) is 48.0 Å². The van der Waals surface area contributed by atoms with Gasteiger partial charge in [-0.2, -0.15) is 4.98 Å². The molecule has 2 aromatic heterocycles. The van der Waals surface area contributed by atoms with E-state index >= 15 is 8.78 Å². The van der Waals surface area contributed by atoms with Crippen LogP contribution in [0.2, 0.25) is 5.02 Å². The molecule has 12 heteroatoms. The summed E-state index contributed by atoms with van der Waals surface area (Å²) in [6, 6.07) is 12.1. The summed E-state index contributed by atoms with van der Waals surface area (Å²) < 4.78 is 58.4. The predicted molar refractivity (Wildman–Crippen MR) is 156 cm³/mol. The number of imidazole rings is 1. The average molecular weight is 623 g/mol. The van der Waals surface area contributed by atoms with Gasteiger partial charge in [-0.15, -0.1) is 0 Å². The van der Waals surface area contributed by atoms with Crippen molar-refractivity contribution in [1.29, 1.82) is 0 Å². The lowest BCUT2D eigenvalue weighted by Gasteiger charge is -2.28. The van der Waals surface area contributed by atoms with Gasteiger partial charge in [0.25, 0.3) is 0 Å². The Balaban J connectivity index is 1.31. The van der Waals surface area contributed by atoms with E-state index in [0.29, 0.717) is 30.1 Å². The highest BCUT2D eigenvalue weighted by Gasteiger charge is 2.39. The van der Waals surface area contributed by atoms with E-state index in [1.54, 1.807) is 6.07 Å². The van der Waals surface area contributed by atoms with Crippen LogP contribution in [-0.4, -0.2) is 43.8 Å². The molecule has 0 saturated carbocycles. The molecule has 5 aromatic rings. The topological polar surface area (TPSA) is 99.4 Å². The van der Waals surface area contributed by atoms with Crippen molar-refractivity contribution < 1.29 is 32.5 Å². The number of aromatic carboxylic acids is 1. The predicted octanol–water partition coefficient (Wildman–Crippen LogP) is 7.03. The van der Waals surface area contributed by atoms with E-state index in [9.17, 15) is 14.3 Å². The van der Waals surface area contributed by atoms with E-state index < -0.39 is 23.4 Å². The Kier molecular flexibility index (Phi) is 7.77. The molecule has 0 aliphatic carbocycles. The Bertz CT molecular complexity index is 1910. The van der Waals surface area contributed by atoms with E-state index in [2.05, 4.69) is 15.0 Å². The van der Waals surface area contributed by atoms with Gasteiger partial charge in [0.2, 0.25) is 5.88 Å². The molecule has 1 aliphatic heterocycles. The van der Waals surface area contributed by atoms with Gasteiger partial charge < -0.3 is 19.1 Å². The lowest BCUT2D eigenvalue weighted by molar-refractivity contribution is 0.0697. The first-order valence-electron chi connectivity index (χ1n) is 13.7. The van der Waals surface area contributed by atoms with Crippen molar-refractivity contribution in [2.75, 3.05) is 13.2 Å². The summed E-state index contributed by atoms with van der Waals surface area (Å²) in [6.07, 6.45) is 1.27. The average Bonchev–Trinajstić information content (AvgIpc) is 3.51. The molecular weight excluding hydrogens is 597 g/mol. The maximum absolute atomic E-state index is 15.6. The largest absolute Gasteiger partial charge is 0.478 e. The highest BCUT2D eigenvalue weighted by molar-refractivity contribution is 6.30. The standard InChI is InChI=1S/C32H26ClF3N4O4/c1-32(2)16-43-15-27(32)40-26-10-17(31(41)42)4-6-25(26)38-28(40)11-19-9-24(36)21(13-23(19)35)30-37-8-7-29(39-30)44-14-18-3-5-20(33)12-22(18)34/h3-10,12-13,27H,11,14-16H2,1-2H3,(H,41,42)/t27-/m1/s1. The molecule has 0 radical (unpaired) electrons. The third-order valence-electron chi connectivity index (χ3n) is 7.72. The number of rotatable bonds is 8. The molecule has 0 unspecified atom stereocenters. The van der Waals surface area contributed by atoms with Gasteiger partial charge in [0.15, 0.2) is 5.82 Å². The summed E-state index contributed by atoms with van der Waals surface area (Å²) in [7, 11) is 0. The number of hydrogen-bond acceptors (Lipinski definition) is 6. The molecule has 1 atom stereocenters. The van der Waals surface area contributed by atoms with Gasteiger partial charge in [0.05, 0.1) is 41.4 Å². The first-order valence-corrected chi connectivity index (χ1v) is 14.1. The Morgan fingerprint density at radius 2 is 1.84 bits per heavy atom. The summed E-state index contributed by atoms with van der Waals surface area (Å²) in [6.45, 7) is 4.73. The Morgan fingerprint density at radius 1 is 1.05 bits per heavy atom. The van der Waals surface area contributed by atoms with Crippen LogP contribution in [0.4, 0.5) is 13.2 Å². The molecule has 0 bridgehead atoms. The fourth-order valence-electron chi connectivity index (χ4n) is 5.34. The van der Waals surface area contributed by atoms with Crippen molar-refractivity contribution in [2.45, 2.75) is 32.9 Å². The summed E-state index contributed by atoms with van der Waals surface area (Å²) in [5, 5.41) is 9.82. The second kappa shape index (κ2) is 11.5. The van der Waals surface area contributed by atoms with Crippen molar-refractivity contribution in [3.8, 4) is 17.3 Å². The second-order valence-corrected chi connectivity index (χ2v) is 11.7. The normalized spacial score (nSPS) is 16.0. The van der Waals surface area contributed by atoms with Crippen molar-refractivity contribution in [1.82, 2.24) is 19.5 Å². The van der Waals surface area contributed by atoms with Crippen molar-refractivity contribution in [3.63, 3.8) is 0 Å². The fraction of sp³-hybridized carbons (Fsp3) is 0.250. The SMILES string of the molecule is CC1(C)COC[C@H]1n1c(Cc2cc(F)c(-c3nccc(OCc4ccc(Cl)cc4F)n3)cc2F)nc2ccc(C(=O)O)cc21. The van der Waals surface area contributed by atoms with Crippen LogP contribution >= 0.6 is 11.6 Å². The molecule has 1 saturated heterocycles. The van der Waals surface area contributed by atoms with Crippen molar-refractivity contribution >= 4 is 28.6 Å². The molecule has 1 aliphatic rings. The number of benzene rings is 3. The minimum absolute atomic E-state index is 0.0450. The van der Waals surface area contributed by atoms with E-state index in [0.717, 1.165) is 18.2 Å². The first-order chi connectivity index (χ1) is 21.0. The van der Waals surface area contributed by atoms with Crippen LogP contribution in [0.25, 0.3) is 22.4 Å². The highest BCUT2D eigenvalue weighted by Crippen LogP contribution is 2.40. The molecule has 3 heterocycles. The molecule has 1 fully saturated rings. The zero-order valence-electron chi connectivity index (χ0n) is 23.7. The first kappa shape index (κ1) is 29.6. The monoisotopic (exact) mass is 622 g/mol. The molecule has 3 aromatic carbocycles. The number of halogens is 4. The maximum atomic E-state index is 15.6. The Labute approximate surface area is 255 Å². The zero-order chi connectivity index (χ0) is 31.2. The third kappa shape index (κ3) is 5.72. The van der Waals surface area contributed by atoms with Crippen LogP contribution in [-0.2, 0) is 17.8 Å². The summed E-state index contributed by atoms with van der Waals surface area (Å²) >= 11 is 5.79. The molecule has 0 amide bonds. The van der Waals surface area contributed by atoms with Crippen LogP contribution in [0.1, 0.15) is 47.2 Å². The van der Waals surface area contributed by atoms with Gasteiger partial charge in [-0.25, -0.2) is 27.9 Å². The van der Waals surface area contributed by atoms with Gasteiger partial charge in [0, 0.05) is 34.7 Å². The highest BCUT2D eigenvalue weighted by atomic mass is 35.5. The van der Waals surface area contributed by atoms with Crippen LogP contribution in [0, 0.1) is 22.9 Å². The smallest absolute Gasteiger partial charge is 0.335 e. The summed E-state index contributed by atoms with van der Waals surface area (Å²) in [5.41, 5.74) is 0.988. The number of nitrogens with zero attached hydrogens (tertiary/aromatic N) is 4. The van der Waals surface area contributed by atoms with Crippen molar-refractivity contribution in [3.05, 3.63) is 106 Å². The third-order valence-corrected chi connectivity index (χ3v) is 7.95. The number of carbonyl (C=O) groups is 1. The molecule has 44 heavy (non-hydrogen) atoms. The van der Waals surface area contributed by atoms with Crippen LogP contribution < -0.4 is 4.74 Å². The number of fused-ring (bicyclic) bond motifs is 1. The van der Waals surface area contributed by atoms with E-state index in [1.165, 1.54) is 36.5 Å². The number of aromatic nitrogens is 4. The van der Waals surface area contributed by atoms with Gasteiger partial charge in [-0.1, -0.05) is 31.5 Å². The number of carboxylic acids is 1. The van der Waals surface area contributed by atoms with Crippen LogP contribution in [0.15, 0.2) is 60.8 Å². The minimum atomic E-state index is -1.08. The van der Waals surface area contributed by atoms with E-state index in [-0.39, 0.29) is 63.5 Å². The van der Waals surface area contributed by atoms with Crippen LogP contribution in [0.3, 0.4) is 0 Å². The fourth-order valence-corrected chi connectivity index (χ4v) is 5.49. The van der Waals surface area contributed by atoms with Crippen molar-refractivity contribution in [2.24, 2.45) is 5.41 Å². The zero-order valence-corrected chi connectivity index (χ0v) is 24.4. The molecule has 226 valence electrons. The summed E-state index contributed by atoms with van der Waals surface area (Å²) in [5.74, 6) is -2.72. The number of hydrogen-bond donors (Lipinski definition) is 1. The molecule has 0 spiro atoms. The van der Waals surface area contributed by atoms with Gasteiger partial charge in [0.1, 0.15) is 29.9 Å². The summed E-state index contributed by atoms with van der Waals surface area (Å²) in [4.78, 5) is 24.6. The molecule has 8 nitrogen and oxygen atoms in total. The Hall–Kier alpha value is -4.48. The number of ether oxygens (including phenoxy) is 2. The molecular formula is C32H26ClF3N4O4. The van der Waals surface area contributed by atoms with E-state index in [1.807, 2.05) is 18.4 Å². The van der Waals surface area contributed by atoms with E-state index in [4.69, 9.17) is 21.1 Å². The minimum Gasteiger partial charge on any atom is -0.478 e.